The maximum atomic E-state index is 5.93. The molecule has 3 nitrogen and oxygen atoms in total. The van der Waals surface area contributed by atoms with Crippen LogP contribution >= 0.6 is 27.3 Å². The van der Waals surface area contributed by atoms with Crippen LogP contribution in [0.15, 0.2) is 40.9 Å². The predicted octanol–water partition coefficient (Wildman–Crippen LogP) is 4.71. The zero-order valence-electron chi connectivity index (χ0n) is 10.9. The Morgan fingerprint density at radius 2 is 2.10 bits per heavy atom. The fourth-order valence-electron chi connectivity index (χ4n) is 1.96. The second-order valence-electron chi connectivity index (χ2n) is 4.32. The Hall–Kier alpha value is -1.59. The number of halogens is 1. The minimum atomic E-state index is 0.667. The second-order valence-corrected chi connectivity index (χ2v) is 6.20. The highest BCUT2D eigenvalue weighted by atomic mass is 79.9. The van der Waals surface area contributed by atoms with Gasteiger partial charge in [0.2, 0.25) is 0 Å². The molecule has 0 bridgehead atoms. The third kappa shape index (κ3) is 2.51. The largest absolute Gasteiger partial charge is 0.494 e. The highest BCUT2D eigenvalue weighted by Gasteiger charge is 2.08. The number of nitrogens with two attached hydrogens (primary N) is 1. The highest BCUT2D eigenvalue weighted by Crippen LogP contribution is 2.34. The predicted molar refractivity (Wildman–Crippen MR) is 88.3 cm³/mol. The van der Waals surface area contributed by atoms with Gasteiger partial charge in [0.1, 0.15) is 10.8 Å². The molecule has 0 saturated carbocycles. The van der Waals surface area contributed by atoms with Gasteiger partial charge in [0.25, 0.3) is 0 Å². The quantitative estimate of drug-likeness (QED) is 0.697. The molecule has 0 radical (unpaired) electrons. The van der Waals surface area contributed by atoms with Gasteiger partial charge in [-0.25, -0.2) is 4.98 Å². The number of benzene rings is 2. The van der Waals surface area contributed by atoms with E-state index >= 15 is 0 Å². The molecule has 0 atom stereocenters. The highest BCUT2D eigenvalue weighted by molar-refractivity contribution is 9.10. The van der Waals surface area contributed by atoms with Gasteiger partial charge in [0.05, 0.1) is 16.8 Å². The summed E-state index contributed by atoms with van der Waals surface area (Å²) in [6.07, 6.45) is 0. The van der Waals surface area contributed by atoms with E-state index in [2.05, 4.69) is 20.9 Å². The number of hydrogen-bond donors (Lipinski definition) is 1. The summed E-state index contributed by atoms with van der Waals surface area (Å²) in [5, 5.41) is 0.966. The molecule has 0 amide bonds. The van der Waals surface area contributed by atoms with Gasteiger partial charge in [-0.05, 0) is 53.2 Å². The summed E-state index contributed by atoms with van der Waals surface area (Å²) in [7, 11) is 0. The van der Waals surface area contributed by atoms with E-state index in [1.165, 1.54) is 0 Å². The fraction of sp³-hybridized carbons (Fsp3) is 0.133. The van der Waals surface area contributed by atoms with E-state index in [0.29, 0.717) is 6.61 Å². The lowest BCUT2D eigenvalue weighted by Crippen LogP contribution is -1.89. The zero-order chi connectivity index (χ0) is 14.1. The second kappa shape index (κ2) is 5.42. The number of rotatable bonds is 3. The van der Waals surface area contributed by atoms with Crippen molar-refractivity contribution in [2.24, 2.45) is 0 Å². The maximum absolute atomic E-state index is 5.93. The molecule has 1 aromatic heterocycles. The molecule has 0 aliphatic heterocycles. The summed E-state index contributed by atoms with van der Waals surface area (Å²) in [5.41, 5.74) is 8.66. The van der Waals surface area contributed by atoms with E-state index in [9.17, 15) is 0 Å². The number of anilines is 1. The van der Waals surface area contributed by atoms with Crippen LogP contribution in [0.5, 0.6) is 5.75 Å². The molecule has 2 N–H and O–H groups in total. The van der Waals surface area contributed by atoms with Gasteiger partial charge < -0.3 is 10.5 Å². The number of thiazole rings is 1. The zero-order valence-corrected chi connectivity index (χ0v) is 13.3. The first-order chi connectivity index (χ1) is 9.67. The van der Waals surface area contributed by atoms with Crippen molar-refractivity contribution in [3.8, 4) is 16.3 Å². The molecule has 0 saturated heterocycles. The molecule has 0 fully saturated rings. The van der Waals surface area contributed by atoms with Gasteiger partial charge in [-0.2, -0.15) is 0 Å². The Balaban J connectivity index is 2.05. The third-order valence-electron chi connectivity index (χ3n) is 2.91. The molecule has 2 aromatic carbocycles. The molecule has 0 spiro atoms. The van der Waals surface area contributed by atoms with E-state index in [0.717, 1.165) is 36.7 Å². The van der Waals surface area contributed by atoms with E-state index in [4.69, 9.17) is 10.5 Å². The minimum absolute atomic E-state index is 0.667. The van der Waals surface area contributed by atoms with Crippen molar-refractivity contribution in [2.45, 2.75) is 6.92 Å². The number of nitrogens with zero attached hydrogens (tertiary/aromatic N) is 1. The summed E-state index contributed by atoms with van der Waals surface area (Å²) in [6, 6.07) is 11.9. The van der Waals surface area contributed by atoms with E-state index in [1.54, 1.807) is 11.3 Å². The van der Waals surface area contributed by atoms with Crippen molar-refractivity contribution < 1.29 is 4.74 Å². The average molecular weight is 349 g/mol. The van der Waals surface area contributed by atoms with Crippen LogP contribution in [0.1, 0.15) is 6.92 Å². The number of nitrogen functional groups attached to an aromatic ring is 1. The molecule has 5 heteroatoms. The molecule has 0 aliphatic carbocycles. The van der Waals surface area contributed by atoms with Crippen molar-refractivity contribution in [3.05, 3.63) is 40.9 Å². The molecule has 0 unspecified atom stereocenters. The van der Waals surface area contributed by atoms with Crippen molar-refractivity contribution in [1.29, 1.82) is 0 Å². The average Bonchev–Trinajstić information content (AvgIpc) is 2.85. The molecule has 20 heavy (non-hydrogen) atoms. The van der Waals surface area contributed by atoms with Crippen LogP contribution in [0.3, 0.4) is 0 Å². The first-order valence-electron chi connectivity index (χ1n) is 6.26. The Bertz CT molecular complexity index is 770. The normalized spacial score (nSPS) is 10.9. The first kappa shape index (κ1) is 13.4. The Morgan fingerprint density at radius 3 is 2.85 bits per heavy atom. The summed E-state index contributed by atoms with van der Waals surface area (Å²) >= 11 is 5.05. The molecule has 3 rings (SSSR count). The lowest BCUT2D eigenvalue weighted by atomic mass is 10.2. The smallest absolute Gasteiger partial charge is 0.124 e. The summed E-state index contributed by atoms with van der Waals surface area (Å²) in [5.74, 6) is 0.880. The van der Waals surface area contributed by atoms with E-state index in [-0.39, 0.29) is 0 Å². The van der Waals surface area contributed by atoms with Crippen molar-refractivity contribution in [3.63, 3.8) is 0 Å². The lowest BCUT2D eigenvalue weighted by Gasteiger charge is -2.00. The molecule has 1 heterocycles. The summed E-state index contributed by atoms with van der Waals surface area (Å²) in [4.78, 5) is 4.65. The molecular weight excluding hydrogens is 336 g/mol. The van der Waals surface area contributed by atoms with Crippen molar-refractivity contribution >= 4 is 43.2 Å². The van der Waals surface area contributed by atoms with Gasteiger partial charge in [0, 0.05) is 15.7 Å². The van der Waals surface area contributed by atoms with Gasteiger partial charge in [-0.15, -0.1) is 11.3 Å². The van der Waals surface area contributed by atoms with Gasteiger partial charge in [-0.3, -0.25) is 0 Å². The standard InChI is InChI=1S/C15H13BrN2OS/c1-2-19-10-4-6-13-14(8-10)20-15(18-13)9-3-5-11(16)12(17)7-9/h3-8H,2,17H2,1H3. The minimum Gasteiger partial charge on any atom is -0.494 e. The lowest BCUT2D eigenvalue weighted by molar-refractivity contribution is 0.341. The van der Waals surface area contributed by atoms with Gasteiger partial charge >= 0.3 is 0 Å². The Kier molecular flexibility index (Phi) is 3.63. The monoisotopic (exact) mass is 348 g/mol. The molecular formula is C15H13BrN2OS. The van der Waals surface area contributed by atoms with Crippen LogP contribution in [0.2, 0.25) is 0 Å². The van der Waals surface area contributed by atoms with Crippen molar-refractivity contribution in [1.82, 2.24) is 4.98 Å². The van der Waals surface area contributed by atoms with Crippen molar-refractivity contribution in [2.75, 3.05) is 12.3 Å². The van der Waals surface area contributed by atoms with Crippen LogP contribution in [0.4, 0.5) is 5.69 Å². The van der Waals surface area contributed by atoms with Crippen LogP contribution in [0.25, 0.3) is 20.8 Å². The topological polar surface area (TPSA) is 48.1 Å². The van der Waals surface area contributed by atoms with Crippen LogP contribution in [-0.4, -0.2) is 11.6 Å². The third-order valence-corrected chi connectivity index (χ3v) is 4.70. The van der Waals surface area contributed by atoms with Crippen LogP contribution in [-0.2, 0) is 0 Å². The Morgan fingerprint density at radius 1 is 1.25 bits per heavy atom. The molecule has 102 valence electrons. The first-order valence-corrected chi connectivity index (χ1v) is 7.87. The number of ether oxygens (including phenoxy) is 1. The summed E-state index contributed by atoms with van der Waals surface area (Å²) < 4.78 is 7.54. The van der Waals surface area contributed by atoms with Crippen LogP contribution in [0, 0.1) is 0 Å². The van der Waals surface area contributed by atoms with Gasteiger partial charge in [0.15, 0.2) is 0 Å². The number of hydrogen-bond acceptors (Lipinski definition) is 4. The van der Waals surface area contributed by atoms with Crippen LogP contribution < -0.4 is 10.5 Å². The Labute approximate surface area is 129 Å². The molecule has 3 aromatic rings. The maximum Gasteiger partial charge on any atom is 0.124 e. The fourth-order valence-corrected chi connectivity index (χ4v) is 3.20. The van der Waals surface area contributed by atoms with E-state index in [1.807, 2.05) is 43.3 Å². The SMILES string of the molecule is CCOc1ccc2nc(-c3ccc(Br)c(N)c3)sc2c1. The molecule has 0 aliphatic rings. The van der Waals surface area contributed by atoms with Gasteiger partial charge in [-0.1, -0.05) is 6.07 Å². The number of fused-ring (bicyclic) bond motifs is 1. The van der Waals surface area contributed by atoms with E-state index < -0.39 is 0 Å². The number of aromatic nitrogens is 1. The summed E-state index contributed by atoms with van der Waals surface area (Å²) in [6.45, 7) is 2.65.